The van der Waals surface area contributed by atoms with Gasteiger partial charge in [-0.3, -0.25) is 4.79 Å². The molecular weight excluding hydrogens is 246 g/mol. The van der Waals surface area contributed by atoms with Gasteiger partial charge < -0.3 is 20.9 Å². The summed E-state index contributed by atoms with van der Waals surface area (Å²) in [6.45, 7) is 0.146. The van der Waals surface area contributed by atoms with Crippen LogP contribution in [-0.4, -0.2) is 41.7 Å². The number of nitrogens with one attached hydrogen (secondary N) is 1. The third-order valence-corrected chi connectivity index (χ3v) is 2.77. The second kappa shape index (κ2) is 6.28. The van der Waals surface area contributed by atoms with Gasteiger partial charge in [-0.1, -0.05) is 0 Å². The number of carbonyl (C=O) groups is 2. The Hall–Kier alpha value is -1.51. The number of nitrogens with zero attached hydrogens (tertiary/aromatic N) is 1. The van der Waals surface area contributed by atoms with Crippen LogP contribution in [0.3, 0.4) is 0 Å². The average molecular weight is 259 g/mol. The predicted octanol–water partition coefficient (Wildman–Crippen LogP) is -0.569. The van der Waals surface area contributed by atoms with E-state index in [2.05, 4.69) is 10.3 Å². The fraction of sp³-hybridized carbons (Fsp3) is 0.444. The highest BCUT2D eigenvalue weighted by Gasteiger charge is 2.21. The number of methoxy groups -OCH3 is 1. The van der Waals surface area contributed by atoms with E-state index in [4.69, 9.17) is 15.6 Å². The summed E-state index contributed by atoms with van der Waals surface area (Å²) in [7, 11) is 1.36. The average Bonchev–Trinajstić information content (AvgIpc) is 2.76. The molecule has 0 aliphatic rings. The fourth-order valence-corrected chi connectivity index (χ4v) is 1.74. The van der Waals surface area contributed by atoms with Gasteiger partial charge in [-0.05, 0) is 0 Å². The lowest BCUT2D eigenvalue weighted by Gasteiger charge is -2.12. The minimum absolute atomic E-state index is 0.102. The summed E-state index contributed by atoms with van der Waals surface area (Å²) >= 11 is 1.25. The maximum Gasteiger partial charge on any atom is 0.328 e. The summed E-state index contributed by atoms with van der Waals surface area (Å²) in [6.07, 6.45) is 0. The van der Waals surface area contributed by atoms with E-state index in [1.165, 1.54) is 23.8 Å². The first-order valence-electron chi connectivity index (χ1n) is 4.75. The molecule has 7 nitrogen and oxygen atoms in total. The van der Waals surface area contributed by atoms with E-state index >= 15 is 0 Å². The lowest BCUT2D eigenvalue weighted by Crippen LogP contribution is -2.43. The molecule has 0 radical (unpaired) electrons. The number of hydrogen-bond acceptors (Lipinski definition) is 6. The molecule has 1 atom stereocenters. The monoisotopic (exact) mass is 259 g/mol. The third kappa shape index (κ3) is 3.77. The summed E-state index contributed by atoms with van der Waals surface area (Å²) in [4.78, 5) is 26.4. The quantitative estimate of drug-likeness (QED) is 0.630. The lowest BCUT2D eigenvalue weighted by atomic mass is 10.3. The number of aromatic nitrogens is 1. The van der Waals surface area contributed by atoms with Crippen LogP contribution in [0.5, 0.6) is 0 Å². The van der Waals surface area contributed by atoms with Crippen molar-refractivity contribution in [2.24, 2.45) is 5.73 Å². The van der Waals surface area contributed by atoms with Gasteiger partial charge in [-0.15, -0.1) is 11.3 Å². The van der Waals surface area contributed by atoms with Gasteiger partial charge in [-0.25, -0.2) is 9.78 Å². The smallest absolute Gasteiger partial charge is 0.328 e. The molecule has 0 fully saturated rings. The van der Waals surface area contributed by atoms with E-state index in [0.717, 1.165) is 0 Å². The highest BCUT2D eigenvalue weighted by molar-refractivity contribution is 7.09. The molecule has 0 bridgehead atoms. The Bertz CT molecular complexity index is 407. The fourth-order valence-electron chi connectivity index (χ4n) is 1.08. The maximum atomic E-state index is 11.6. The van der Waals surface area contributed by atoms with Gasteiger partial charge in [-0.2, -0.15) is 0 Å². The molecule has 17 heavy (non-hydrogen) atoms. The van der Waals surface area contributed by atoms with Gasteiger partial charge in [0, 0.05) is 19.0 Å². The van der Waals surface area contributed by atoms with Gasteiger partial charge in [0.1, 0.15) is 10.7 Å². The first-order valence-corrected chi connectivity index (χ1v) is 5.63. The number of amides is 1. The number of carboxylic acid groups (broad SMARTS) is 1. The number of aliphatic carboxylic acids is 1. The first-order chi connectivity index (χ1) is 8.08. The molecule has 94 valence electrons. The van der Waals surface area contributed by atoms with Gasteiger partial charge in [0.25, 0.3) is 5.91 Å². The second-order valence-electron chi connectivity index (χ2n) is 3.15. The molecular formula is C9H13N3O4S. The van der Waals surface area contributed by atoms with Crippen molar-refractivity contribution in [1.29, 1.82) is 0 Å². The number of carbonyl (C=O) groups excluding carboxylic acids is 1. The van der Waals surface area contributed by atoms with Crippen LogP contribution in [0.1, 0.15) is 15.5 Å². The van der Waals surface area contributed by atoms with E-state index in [9.17, 15) is 9.59 Å². The first kappa shape index (κ1) is 13.6. The molecule has 4 N–H and O–H groups in total. The Balaban J connectivity index is 2.66. The Morgan fingerprint density at radius 3 is 2.88 bits per heavy atom. The number of hydrogen-bond donors (Lipinski definition) is 3. The van der Waals surface area contributed by atoms with Crippen LogP contribution in [0.2, 0.25) is 0 Å². The lowest BCUT2D eigenvalue weighted by molar-refractivity contribution is -0.140. The SMILES string of the molecule is COCC(NC(=O)c1csc(CN)n1)C(=O)O. The Morgan fingerprint density at radius 1 is 1.71 bits per heavy atom. The van der Waals surface area contributed by atoms with Crippen molar-refractivity contribution in [2.45, 2.75) is 12.6 Å². The van der Waals surface area contributed by atoms with E-state index < -0.39 is 17.9 Å². The van der Waals surface area contributed by atoms with Crippen molar-refractivity contribution >= 4 is 23.2 Å². The molecule has 1 amide bonds. The van der Waals surface area contributed by atoms with Crippen molar-refractivity contribution in [2.75, 3.05) is 13.7 Å². The number of rotatable bonds is 6. The van der Waals surface area contributed by atoms with E-state index in [1.807, 2.05) is 0 Å². The van der Waals surface area contributed by atoms with Crippen molar-refractivity contribution in [3.63, 3.8) is 0 Å². The maximum absolute atomic E-state index is 11.6. The van der Waals surface area contributed by atoms with Crippen molar-refractivity contribution in [1.82, 2.24) is 10.3 Å². The summed E-state index contributed by atoms with van der Waals surface area (Å²) in [5.41, 5.74) is 5.53. The molecule has 1 unspecified atom stereocenters. The molecule has 0 aliphatic heterocycles. The Labute approximate surface area is 102 Å². The van der Waals surface area contributed by atoms with Crippen molar-refractivity contribution in [3.05, 3.63) is 16.1 Å². The van der Waals surface area contributed by atoms with E-state index in [-0.39, 0.29) is 18.8 Å². The van der Waals surface area contributed by atoms with Crippen LogP contribution in [0.25, 0.3) is 0 Å². The van der Waals surface area contributed by atoms with Crippen molar-refractivity contribution in [3.8, 4) is 0 Å². The zero-order valence-corrected chi connectivity index (χ0v) is 9.99. The number of ether oxygens (including phenoxy) is 1. The molecule has 1 aromatic heterocycles. The summed E-state index contributed by atoms with van der Waals surface area (Å²) in [5.74, 6) is -1.71. The molecule has 1 heterocycles. The molecule has 1 rings (SSSR count). The summed E-state index contributed by atoms with van der Waals surface area (Å²) < 4.78 is 4.70. The normalized spacial score (nSPS) is 12.1. The molecule has 0 aromatic carbocycles. The van der Waals surface area contributed by atoms with Crippen LogP contribution in [0.4, 0.5) is 0 Å². The minimum Gasteiger partial charge on any atom is -0.480 e. The number of nitrogens with two attached hydrogens (primary N) is 1. The van der Waals surface area contributed by atoms with Gasteiger partial charge in [0.15, 0.2) is 6.04 Å². The zero-order chi connectivity index (χ0) is 12.8. The van der Waals surface area contributed by atoms with Crippen LogP contribution < -0.4 is 11.1 Å². The largest absolute Gasteiger partial charge is 0.480 e. The zero-order valence-electron chi connectivity index (χ0n) is 9.17. The van der Waals surface area contributed by atoms with Crippen molar-refractivity contribution < 1.29 is 19.4 Å². The Morgan fingerprint density at radius 2 is 2.41 bits per heavy atom. The van der Waals surface area contributed by atoms with Crippen LogP contribution >= 0.6 is 11.3 Å². The molecule has 0 saturated carbocycles. The molecule has 8 heteroatoms. The topological polar surface area (TPSA) is 115 Å². The number of carboxylic acids is 1. The predicted molar refractivity (Wildman–Crippen MR) is 60.8 cm³/mol. The van der Waals surface area contributed by atoms with Crippen LogP contribution in [0.15, 0.2) is 5.38 Å². The minimum atomic E-state index is -1.16. The van der Waals surface area contributed by atoms with Gasteiger partial charge >= 0.3 is 5.97 Å². The standard InChI is InChI=1S/C9H13N3O4S/c1-16-3-5(9(14)15)12-8(13)6-4-17-7(2-10)11-6/h4-5H,2-3,10H2,1H3,(H,12,13)(H,14,15). The van der Waals surface area contributed by atoms with E-state index in [1.54, 1.807) is 0 Å². The summed E-state index contributed by atoms with van der Waals surface area (Å²) in [5, 5.41) is 13.3. The Kier molecular flexibility index (Phi) is 5.01. The number of thiazole rings is 1. The molecule has 0 spiro atoms. The summed E-state index contributed by atoms with van der Waals surface area (Å²) in [6, 6.07) is -1.09. The molecule has 1 aromatic rings. The van der Waals surface area contributed by atoms with Gasteiger partial charge in [0.2, 0.25) is 0 Å². The van der Waals surface area contributed by atoms with Crippen LogP contribution in [-0.2, 0) is 16.1 Å². The highest BCUT2D eigenvalue weighted by atomic mass is 32.1. The van der Waals surface area contributed by atoms with Gasteiger partial charge in [0.05, 0.1) is 6.61 Å². The van der Waals surface area contributed by atoms with E-state index in [0.29, 0.717) is 5.01 Å². The highest BCUT2D eigenvalue weighted by Crippen LogP contribution is 2.08. The molecule has 0 aliphatic carbocycles. The third-order valence-electron chi connectivity index (χ3n) is 1.90. The molecule has 0 saturated heterocycles. The van der Waals surface area contributed by atoms with Crippen LogP contribution in [0, 0.1) is 0 Å². The second-order valence-corrected chi connectivity index (χ2v) is 4.09.